The van der Waals surface area contributed by atoms with E-state index >= 15 is 0 Å². The molecule has 2 aromatic rings. The van der Waals surface area contributed by atoms with Crippen molar-refractivity contribution in [2.45, 2.75) is 25.0 Å². The van der Waals surface area contributed by atoms with Crippen molar-refractivity contribution < 1.29 is 4.74 Å². The molecular weight excluding hydrogens is 240 g/mol. The Labute approximate surface area is 112 Å². The molecule has 0 spiro atoms. The number of hydrazine groups is 1. The summed E-state index contributed by atoms with van der Waals surface area (Å²) in [5.74, 6) is 6.56. The summed E-state index contributed by atoms with van der Waals surface area (Å²) >= 11 is 0. The van der Waals surface area contributed by atoms with E-state index in [1.165, 1.54) is 12.8 Å². The van der Waals surface area contributed by atoms with Crippen LogP contribution in [0.3, 0.4) is 0 Å². The third-order valence-corrected chi connectivity index (χ3v) is 3.24. The zero-order chi connectivity index (χ0) is 13.2. The van der Waals surface area contributed by atoms with E-state index in [0.717, 1.165) is 17.0 Å². The fourth-order valence-electron chi connectivity index (χ4n) is 2.06. The van der Waals surface area contributed by atoms with Crippen molar-refractivity contribution in [2.75, 3.05) is 0 Å². The monoisotopic (exact) mass is 258 g/mol. The third-order valence-electron chi connectivity index (χ3n) is 3.24. The lowest BCUT2D eigenvalue weighted by atomic mass is 10.0. The van der Waals surface area contributed by atoms with E-state index in [4.69, 9.17) is 10.6 Å². The highest BCUT2D eigenvalue weighted by Crippen LogP contribution is 2.28. The Hall–Kier alpha value is -1.85. The van der Waals surface area contributed by atoms with Gasteiger partial charge in [-0.1, -0.05) is 12.1 Å². The maximum Gasteiger partial charge on any atom is 0.119 e. The van der Waals surface area contributed by atoms with Gasteiger partial charge in [-0.3, -0.25) is 10.5 Å². The number of aromatic nitrogens is 2. The summed E-state index contributed by atoms with van der Waals surface area (Å²) in [4.78, 5) is 0. The van der Waals surface area contributed by atoms with E-state index in [9.17, 15) is 0 Å². The Morgan fingerprint density at radius 3 is 2.58 bits per heavy atom. The molecule has 1 unspecified atom stereocenters. The van der Waals surface area contributed by atoms with Gasteiger partial charge in [-0.2, -0.15) is 5.10 Å². The van der Waals surface area contributed by atoms with Crippen LogP contribution in [0.25, 0.3) is 0 Å². The number of ether oxygens (including phenoxy) is 1. The molecule has 1 atom stereocenters. The second kappa shape index (κ2) is 5.03. The molecule has 1 heterocycles. The average Bonchev–Trinajstić information content (AvgIpc) is 3.13. The summed E-state index contributed by atoms with van der Waals surface area (Å²) in [5.41, 5.74) is 4.78. The summed E-state index contributed by atoms with van der Waals surface area (Å²) in [7, 11) is 1.89. The van der Waals surface area contributed by atoms with Gasteiger partial charge in [-0.05, 0) is 36.6 Å². The second-order valence-corrected chi connectivity index (χ2v) is 4.90. The van der Waals surface area contributed by atoms with Crippen molar-refractivity contribution in [1.82, 2.24) is 15.2 Å². The largest absolute Gasteiger partial charge is 0.490 e. The quantitative estimate of drug-likeness (QED) is 0.630. The lowest BCUT2D eigenvalue weighted by molar-refractivity contribution is 0.303. The molecule has 0 saturated heterocycles. The lowest BCUT2D eigenvalue weighted by Crippen LogP contribution is -2.29. The molecule has 3 N–H and O–H groups in total. The number of hydrogen-bond donors (Lipinski definition) is 2. The predicted molar refractivity (Wildman–Crippen MR) is 72.5 cm³/mol. The lowest BCUT2D eigenvalue weighted by Gasteiger charge is -2.14. The van der Waals surface area contributed by atoms with Gasteiger partial charge in [0.15, 0.2) is 0 Å². The Kier molecular flexibility index (Phi) is 3.23. The van der Waals surface area contributed by atoms with Crippen LogP contribution in [0.1, 0.15) is 30.1 Å². The molecule has 3 rings (SSSR count). The Balaban J connectivity index is 1.78. The first-order chi connectivity index (χ1) is 9.26. The molecule has 1 aliphatic rings. The maximum atomic E-state index is 5.73. The molecule has 1 aromatic carbocycles. The number of nitrogens with two attached hydrogens (primary N) is 1. The minimum atomic E-state index is -0.101. The number of aryl methyl sites for hydroxylation is 1. The van der Waals surface area contributed by atoms with Crippen molar-refractivity contribution in [3.63, 3.8) is 0 Å². The van der Waals surface area contributed by atoms with E-state index in [-0.39, 0.29) is 6.04 Å². The van der Waals surface area contributed by atoms with Crippen LogP contribution in [0, 0.1) is 0 Å². The van der Waals surface area contributed by atoms with Crippen LogP contribution in [0.2, 0.25) is 0 Å². The summed E-state index contributed by atoms with van der Waals surface area (Å²) < 4.78 is 7.50. The second-order valence-electron chi connectivity index (χ2n) is 4.90. The smallest absolute Gasteiger partial charge is 0.119 e. The molecule has 1 aromatic heterocycles. The predicted octanol–water partition coefficient (Wildman–Crippen LogP) is 1.51. The number of rotatable bonds is 5. The van der Waals surface area contributed by atoms with Crippen LogP contribution in [-0.2, 0) is 7.05 Å². The van der Waals surface area contributed by atoms with Crippen LogP contribution < -0.4 is 16.0 Å². The first-order valence-corrected chi connectivity index (χ1v) is 6.48. The van der Waals surface area contributed by atoms with Crippen LogP contribution in [0.4, 0.5) is 0 Å². The fraction of sp³-hybridized carbons (Fsp3) is 0.357. The minimum absolute atomic E-state index is 0.101. The van der Waals surface area contributed by atoms with Gasteiger partial charge in [0.25, 0.3) is 0 Å². The molecule has 0 bridgehead atoms. The molecule has 1 fully saturated rings. The van der Waals surface area contributed by atoms with Crippen molar-refractivity contribution in [3.05, 3.63) is 47.8 Å². The van der Waals surface area contributed by atoms with Crippen molar-refractivity contribution >= 4 is 0 Å². The summed E-state index contributed by atoms with van der Waals surface area (Å²) in [6.07, 6.45) is 4.67. The van der Waals surface area contributed by atoms with Gasteiger partial charge < -0.3 is 4.74 Å². The number of hydrogen-bond acceptors (Lipinski definition) is 4. The van der Waals surface area contributed by atoms with Gasteiger partial charge in [0, 0.05) is 13.2 Å². The molecule has 0 radical (unpaired) electrons. The first-order valence-electron chi connectivity index (χ1n) is 6.48. The standard InChI is InChI=1S/C14H18N4O/c1-18-9-8-13(17-18)14(16-15)10-2-4-11(5-3-10)19-12-6-7-12/h2-5,8-9,12,14,16H,6-7,15H2,1H3. The number of nitrogens with zero attached hydrogens (tertiary/aromatic N) is 2. The van der Waals surface area contributed by atoms with Crippen LogP contribution in [-0.4, -0.2) is 15.9 Å². The molecular formula is C14H18N4O. The molecule has 0 aliphatic heterocycles. The highest BCUT2D eigenvalue weighted by atomic mass is 16.5. The first kappa shape index (κ1) is 12.2. The highest BCUT2D eigenvalue weighted by Gasteiger charge is 2.23. The summed E-state index contributed by atoms with van der Waals surface area (Å²) in [5, 5.41) is 4.38. The van der Waals surface area contributed by atoms with Crippen molar-refractivity contribution in [3.8, 4) is 5.75 Å². The number of benzene rings is 1. The topological polar surface area (TPSA) is 65.1 Å². The Morgan fingerprint density at radius 2 is 2.05 bits per heavy atom. The van der Waals surface area contributed by atoms with E-state index in [2.05, 4.69) is 10.5 Å². The van der Waals surface area contributed by atoms with E-state index < -0.39 is 0 Å². The van der Waals surface area contributed by atoms with E-state index in [1.807, 2.05) is 43.6 Å². The van der Waals surface area contributed by atoms with Crippen molar-refractivity contribution in [2.24, 2.45) is 12.9 Å². The van der Waals surface area contributed by atoms with E-state index in [0.29, 0.717) is 6.10 Å². The molecule has 0 amide bonds. The molecule has 100 valence electrons. The van der Waals surface area contributed by atoms with Gasteiger partial charge in [-0.15, -0.1) is 0 Å². The molecule has 1 aliphatic carbocycles. The zero-order valence-electron chi connectivity index (χ0n) is 10.9. The van der Waals surface area contributed by atoms with Crippen LogP contribution in [0.15, 0.2) is 36.5 Å². The Bertz CT molecular complexity index is 545. The van der Waals surface area contributed by atoms with Crippen molar-refractivity contribution in [1.29, 1.82) is 0 Å². The fourth-order valence-corrected chi connectivity index (χ4v) is 2.06. The van der Waals surface area contributed by atoms with Gasteiger partial charge >= 0.3 is 0 Å². The molecule has 5 heteroatoms. The Morgan fingerprint density at radius 1 is 1.32 bits per heavy atom. The van der Waals surface area contributed by atoms with Gasteiger partial charge in [0.2, 0.25) is 0 Å². The minimum Gasteiger partial charge on any atom is -0.490 e. The summed E-state index contributed by atoms with van der Waals surface area (Å²) in [6, 6.07) is 9.88. The zero-order valence-corrected chi connectivity index (χ0v) is 10.9. The van der Waals surface area contributed by atoms with Gasteiger partial charge in [-0.25, -0.2) is 5.43 Å². The number of nitrogens with one attached hydrogen (secondary N) is 1. The third kappa shape index (κ3) is 2.77. The molecule has 1 saturated carbocycles. The van der Waals surface area contributed by atoms with Crippen LogP contribution in [0.5, 0.6) is 5.75 Å². The molecule has 19 heavy (non-hydrogen) atoms. The van der Waals surface area contributed by atoms with Gasteiger partial charge in [0.1, 0.15) is 5.75 Å². The SMILES string of the molecule is Cn1ccc(C(NN)c2ccc(OC3CC3)cc2)n1. The van der Waals surface area contributed by atoms with Crippen LogP contribution >= 0.6 is 0 Å². The normalized spacial score (nSPS) is 16.3. The van der Waals surface area contributed by atoms with Gasteiger partial charge in [0.05, 0.1) is 17.8 Å². The summed E-state index contributed by atoms with van der Waals surface area (Å²) in [6.45, 7) is 0. The van der Waals surface area contributed by atoms with E-state index in [1.54, 1.807) is 4.68 Å². The average molecular weight is 258 g/mol. The highest BCUT2D eigenvalue weighted by molar-refractivity contribution is 5.33. The maximum absolute atomic E-state index is 5.73. The molecule has 5 nitrogen and oxygen atoms in total.